The highest BCUT2D eigenvalue weighted by Gasteiger charge is 2.19. The van der Waals surface area contributed by atoms with Crippen LogP contribution in [0.1, 0.15) is 0 Å². The monoisotopic (exact) mass is 587 g/mol. The van der Waals surface area contributed by atoms with Crippen LogP contribution in [-0.2, 0) is 0 Å². The number of nitrogens with zero attached hydrogens (tertiary/aromatic N) is 3. The van der Waals surface area contributed by atoms with Gasteiger partial charge in [0.15, 0.2) is 5.82 Å². The van der Waals surface area contributed by atoms with E-state index in [4.69, 9.17) is 14.4 Å². The van der Waals surface area contributed by atoms with Gasteiger partial charge in [0.2, 0.25) is 0 Å². The van der Waals surface area contributed by atoms with E-state index in [0.717, 1.165) is 66.4 Å². The minimum atomic E-state index is 0.710. The van der Waals surface area contributed by atoms with Gasteiger partial charge >= 0.3 is 0 Å². The minimum absolute atomic E-state index is 0.710. The Bertz CT molecular complexity index is 2790. The van der Waals surface area contributed by atoms with Crippen molar-refractivity contribution in [3.8, 4) is 28.3 Å². The highest BCUT2D eigenvalue weighted by molar-refractivity contribution is 6.24. The van der Waals surface area contributed by atoms with E-state index < -0.39 is 0 Å². The third kappa shape index (κ3) is 3.67. The summed E-state index contributed by atoms with van der Waals surface area (Å²) in [4.78, 5) is 10.1. The minimum Gasteiger partial charge on any atom is -0.456 e. The van der Waals surface area contributed by atoms with Crippen LogP contribution in [0.5, 0.6) is 0 Å². The van der Waals surface area contributed by atoms with Crippen LogP contribution in [0, 0.1) is 0 Å². The van der Waals surface area contributed by atoms with Gasteiger partial charge < -0.3 is 8.98 Å². The largest absolute Gasteiger partial charge is 0.456 e. The van der Waals surface area contributed by atoms with Gasteiger partial charge in [-0.25, -0.2) is 9.97 Å². The van der Waals surface area contributed by atoms with Crippen LogP contribution in [0.3, 0.4) is 0 Å². The van der Waals surface area contributed by atoms with Crippen LogP contribution in [0.2, 0.25) is 0 Å². The Morgan fingerprint density at radius 3 is 2.07 bits per heavy atom. The summed E-state index contributed by atoms with van der Waals surface area (Å²) in [5.74, 6) is 0.710. The summed E-state index contributed by atoms with van der Waals surface area (Å²) in [5.41, 5.74) is 9.04. The fraction of sp³-hybridized carbons (Fsp3) is 0. The van der Waals surface area contributed by atoms with Crippen LogP contribution in [0.15, 0.2) is 156 Å². The van der Waals surface area contributed by atoms with Crippen molar-refractivity contribution in [2.45, 2.75) is 0 Å². The van der Waals surface area contributed by atoms with Gasteiger partial charge in [-0.1, -0.05) is 97.1 Å². The summed E-state index contributed by atoms with van der Waals surface area (Å²) in [6, 6.07) is 53.1. The van der Waals surface area contributed by atoms with Crippen LogP contribution < -0.4 is 0 Å². The lowest BCUT2D eigenvalue weighted by Crippen LogP contribution is -1.97. The van der Waals surface area contributed by atoms with Crippen LogP contribution >= 0.6 is 0 Å². The third-order valence-corrected chi connectivity index (χ3v) is 9.19. The van der Waals surface area contributed by atoms with Gasteiger partial charge in [-0.05, 0) is 59.3 Å². The van der Waals surface area contributed by atoms with Gasteiger partial charge in [-0.3, -0.25) is 0 Å². The molecule has 0 unspecified atom stereocenters. The van der Waals surface area contributed by atoms with E-state index in [9.17, 15) is 0 Å². The van der Waals surface area contributed by atoms with Crippen molar-refractivity contribution in [2.75, 3.05) is 0 Å². The van der Waals surface area contributed by atoms with E-state index >= 15 is 0 Å². The second kappa shape index (κ2) is 9.62. The molecule has 0 spiro atoms. The van der Waals surface area contributed by atoms with Crippen molar-refractivity contribution < 1.29 is 4.42 Å². The molecule has 3 heterocycles. The van der Waals surface area contributed by atoms with E-state index in [1.807, 2.05) is 30.3 Å². The number of aromatic nitrogens is 3. The number of benzene rings is 7. The molecule has 0 aliphatic rings. The summed E-state index contributed by atoms with van der Waals surface area (Å²) in [6.07, 6.45) is 0. The van der Waals surface area contributed by atoms with E-state index in [1.54, 1.807) is 0 Å². The fourth-order valence-electron chi connectivity index (χ4n) is 7.06. The maximum absolute atomic E-state index is 6.36. The van der Waals surface area contributed by atoms with Gasteiger partial charge in [-0.2, -0.15) is 0 Å². The molecule has 10 aromatic rings. The van der Waals surface area contributed by atoms with Crippen molar-refractivity contribution >= 4 is 65.4 Å². The zero-order valence-corrected chi connectivity index (χ0v) is 24.7. The van der Waals surface area contributed by atoms with Crippen molar-refractivity contribution in [2.24, 2.45) is 0 Å². The Hall–Kier alpha value is -6.26. The molecule has 7 aromatic carbocycles. The molecule has 0 saturated heterocycles. The van der Waals surface area contributed by atoms with Gasteiger partial charge in [-0.15, -0.1) is 0 Å². The van der Waals surface area contributed by atoms with Crippen molar-refractivity contribution in [3.05, 3.63) is 152 Å². The molecular weight excluding hydrogens is 562 g/mol. The average Bonchev–Trinajstić information content (AvgIpc) is 3.65. The van der Waals surface area contributed by atoms with Crippen molar-refractivity contribution in [1.82, 2.24) is 14.5 Å². The maximum atomic E-state index is 6.36. The Morgan fingerprint density at radius 1 is 0.457 bits per heavy atom. The molecule has 0 aliphatic carbocycles. The molecule has 4 heteroatoms. The number of hydrogen-bond acceptors (Lipinski definition) is 3. The molecule has 4 nitrogen and oxygen atoms in total. The molecule has 0 N–H and O–H groups in total. The summed E-state index contributed by atoms with van der Waals surface area (Å²) in [6.45, 7) is 0. The summed E-state index contributed by atoms with van der Waals surface area (Å²) in [7, 11) is 0. The smallest absolute Gasteiger partial charge is 0.160 e. The zero-order chi connectivity index (χ0) is 30.2. The number of para-hydroxylation sites is 2. The predicted octanol–water partition coefficient (Wildman–Crippen LogP) is 11.1. The first kappa shape index (κ1) is 25.1. The topological polar surface area (TPSA) is 43.9 Å². The first-order valence-corrected chi connectivity index (χ1v) is 15.5. The maximum Gasteiger partial charge on any atom is 0.160 e. The summed E-state index contributed by atoms with van der Waals surface area (Å²) in [5, 5.41) is 8.23. The first-order valence-electron chi connectivity index (χ1n) is 15.5. The third-order valence-electron chi connectivity index (χ3n) is 9.19. The van der Waals surface area contributed by atoms with Gasteiger partial charge in [0.25, 0.3) is 0 Å². The highest BCUT2D eigenvalue weighted by Crippen LogP contribution is 2.41. The first-order chi connectivity index (χ1) is 22.8. The Labute approximate surface area is 263 Å². The predicted molar refractivity (Wildman–Crippen MR) is 190 cm³/mol. The molecule has 0 radical (unpaired) electrons. The van der Waals surface area contributed by atoms with Gasteiger partial charge in [0.05, 0.1) is 22.2 Å². The zero-order valence-electron chi connectivity index (χ0n) is 24.7. The van der Waals surface area contributed by atoms with Gasteiger partial charge in [0, 0.05) is 49.8 Å². The van der Waals surface area contributed by atoms with Crippen LogP contribution in [-0.4, -0.2) is 14.5 Å². The molecule has 46 heavy (non-hydrogen) atoms. The molecular formula is C42H25N3O. The van der Waals surface area contributed by atoms with Crippen LogP contribution in [0.25, 0.3) is 93.8 Å². The lowest BCUT2D eigenvalue weighted by atomic mass is 10.0. The molecule has 3 aromatic heterocycles. The lowest BCUT2D eigenvalue weighted by Gasteiger charge is -2.11. The highest BCUT2D eigenvalue weighted by atomic mass is 16.3. The average molecular weight is 588 g/mol. The number of rotatable bonds is 3. The molecule has 0 atom stereocenters. The molecule has 0 aliphatic heterocycles. The SMILES string of the molecule is c1ccc(-c2nc(-c3ccc(-n4c5cc6oc7ccccc7c6cc5c5c6ccccc6ccc54)cc3)nc3ccccc23)cc1. The van der Waals surface area contributed by atoms with Crippen molar-refractivity contribution in [1.29, 1.82) is 0 Å². The Morgan fingerprint density at radius 2 is 1.20 bits per heavy atom. The molecule has 10 rings (SSSR count). The molecule has 0 amide bonds. The molecule has 0 fully saturated rings. The number of fused-ring (bicyclic) bond motifs is 9. The Balaban J connectivity index is 1.20. The summed E-state index contributed by atoms with van der Waals surface area (Å²) < 4.78 is 8.72. The standard InChI is InChI=1S/C42H25N3O/c1-2-11-27(12-3-1)41-32-15-6-8-16-35(32)43-42(44-41)28-18-21-29(22-19-28)45-36-23-20-26-10-4-5-13-30(26)40(36)34-24-33-31-14-7-9-17-38(31)46-39(33)25-37(34)45/h1-25H. The summed E-state index contributed by atoms with van der Waals surface area (Å²) >= 11 is 0. The lowest BCUT2D eigenvalue weighted by molar-refractivity contribution is 0.669. The normalized spacial score (nSPS) is 11.9. The second-order valence-corrected chi connectivity index (χ2v) is 11.8. The molecule has 0 saturated carbocycles. The number of hydrogen-bond donors (Lipinski definition) is 0. The van der Waals surface area contributed by atoms with E-state index in [2.05, 4.69) is 126 Å². The van der Waals surface area contributed by atoms with E-state index in [1.165, 1.54) is 21.5 Å². The van der Waals surface area contributed by atoms with E-state index in [-0.39, 0.29) is 0 Å². The number of furan rings is 1. The van der Waals surface area contributed by atoms with Gasteiger partial charge in [0.1, 0.15) is 11.2 Å². The fourth-order valence-corrected chi connectivity index (χ4v) is 7.06. The quantitative estimate of drug-likeness (QED) is 0.207. The molecule has 214 valence electrons. The second-order valence-electron chi connectivity index (χ2n) is 11.8. The van der Waals surface area contributed by atoms with Crippen LogP contribution in [0.4, 0.5) is 0 Å². The molecule has 0 bridgehead atoms. The Kier molecular flexibility index (Phi) is 5.25. The van der Waals surface area contributed by atoms with E-state index in [0.29, 0.717) is 5.82 Å². The van der Waals surface area contributed by atoms with Crippen molar-refractivity contribution in [3.63, 3.8) is 0 Å².